The number of aryl methyl sites for hydroxylation is 2. The molecule has 7 heteroatoms. The lowest BCUT2D eigenvalue weighted by atomic mass is 9.95. The topological polar surface area (TPSA) is 69.8 Å². The monoisotopic (exact) mass is 558 g/mol. The first-order valence-corrected chi connectivity index (χ1v) is 15.2. The van der Waals surface area contributed by atoms with Gasteiger partial charge in [-0.1, -0.05) is 24.3 Å². The number of H-pyrrole nitrogens is 1. The van der Waals surface area contributed by atoms with Crippen molar-refractivity contribution in [3.63, 3.8) is 0 Å². The second kappa shape index (κ2) is 13.8. The Bertz CT molecular complexity index is 1360. The average Bonchev–Trinajstić information content (AvgIpc) is 2.98. The molecule has 2 saturated heterocycles. The molecule has 2 aliphatic heterocycles. The average molecular weight is 559 g/mol. The Labute approximate surface area is 244 Å². The van der Waals surface area contributed by atoms with E-state index < -0.39 is 0 Å². The van der Waals surface area contributed by atoms with E-state index in [4.69, 9.17) is 9.47 Å². The third-order valence-corrected chi connectivity index (χ3v) is 8.68. The Morgan fingerprint density at radius 1 is 0.927 bits per heavy atom. The van der Waals surface area contributed by atoms with Gasteiger partial charge in [0.15, 0.2) is 0 Å². The van der Waals surface area contributed by atoms with E-state index in [0.29, 0.717) is 19.1 Å². The number of aromatic nitrogens is 1. The highest BCUT2D eigenvalue weighted by Gasteiger charge is 2.23. The molecule has 3 aromatic rings. The third-order valence-electron chi connectivity index (χ3n) is 8.68. The zero-order chi connectivity index (χ0) is 28.8. The maximum absolute atomic E-state index is 12.6. The number of nitrogens with one attached hydrogen (secondary N) is 2. The Balaban J connectivity index is 1.42. The Kier molecular flexibility index (Phi) is 9.93. The summed E-state index contributed by atoms with van der Waals surface area (Å²) in [5.74, 6) is 0. The molecule has 0 saturated carbocycles. The SMILES string of the molecule is CCN(c1cc(-c2ccc(CN3CCOCC3)cc2)cc(CNCc2c(C)cc(C)[nH]c2=O)c1C)C1CCOCC1. The number of benzene rings is 2. The fourth-order valence-electron chi connectivity index (χ4n) is 6.27. The van der Waals surface area contributed by atoms with Crippen LogP contribution in [0.15, 0.2) is 47.3 Å². The summed E-state index contributed by atoms with van der Waals surface area (Å²) in [6, 6.07) is 16.3. The fraction of sp³-hybridized carbons (Fsp3) is 0.500. The van der Waals surface area contributed by atoms with Gasteiger partial charge in [-0.15, -0.1) is 0 Å². The van der Waals surface area contributed by atoms with Gasteiger partial charge in [-0.2, -0.15) is 0 Å². The van der Waals surface area contributed by atoms with E-state index >= 15 is 0 Å². The van der Waals surface area contributed by atoms with Crippen molar-refractivity contribution in [1.29, 1.82) is 0 Å². The van der Waals surface area contributed by atoms with Crippen LogP contribution >= 0.6 is 0 Å². The Morgan fingerprint density at radius 2 is 1.63 bits per heavy atom. The summed E-state index contributed by atoms with van der Waals surface area (Å²) < 4.78 is 11.2. The predicted octanol–water partition coefficient (Wildman–Crippen LogP) is 5.09. The molecule has 0 aliphatic carbocycles. The minimum atomic E-state index is -0.00462. The van der Waals surface area contributed by atoms with Crippen LogP contribution in [-0.2, 0) is 29.1 Å². The molecule has 7 nitrogen and oxygen atoms in total. The van der Waals surface area contributed by atoms with Gasteiger partial charge in [0.25, 0.3) is 5.56 Å². The minimum Gasteiger partial charge on any atom is -0.381 e. The minimum absolute atomic E-state index is 0.00462. The largest absolute Gasteiger partial charge is 0.381 e. The summed E-state index contributed by atoms with van der Waals surface area (Å²) in [6.45, 7) is 16.9. The molecule has 0 spiro atoms. The van der Waals surface area contributed by atoms with Crippen molar-refractivity contribution in [3.8, 4) is 11.1 Å². The molecule has 3 heterocycles. The van der Waals surface area contributed by atoms with Crippen molar-refractivity contribution >= 4 is 5.69 Å². The smallest absolute Gasteiger partial charge is 0.252 e. The molecular formula is C34H46N4O3. The lowest BCUT2D eigenvalue weighted by Gasteiger charge is -2.37. The molecule has 0 amide bonds. The number of nitrogens with zero attached hydrogens (tertiary/aromatic N) is 2. The summed E-state index contributed by atoms with van der Waals surface area (Å²) in [5, 5.41) is 3.58. The first-order valence-electron chi connectivity index (χ1n) is 15.2. The van der Waals surface area contributed by atoms with Crippen molar-refractivity contribution in [2.75, 3.05) is 51.0 Å². The molecule has 2 N–H and O–H groups in total. The van der Waals surface area contributed by atoms with Crippen LogP contribution in [0.4, 0.5) is 5.69 Å². The highest BCUT2D eigenvalue weighted by atomic mass is 16.5. The molecule has 0 unspecified atom stereocenters. The lowest BCUT2D eigenvalue weighted by Crippen LogP contribution is -2.40. The number of aromatic amines is 1. The van der Waals surface area contributed by atoms with E-state index in [-0.39, 0.29) is 5.56 Å². The van der Waals surface area contributed by atoms with Crippen LogP contribution in [0.2, 0.25) is 0 Å². The highest BCUT2D eigenvalue weighted by Crippen LogP contribution is 2.34. The normalized spacial score (nSPS) is 16.7. The van der Waals surface area contributed by atoms with Gasteiger partial charge < -0.3 is 24.7 Å². The third kappa shape index (κ3) is 7.28. The van der Waals surface area contributed by atoms with E-state index in [0.717, 1.165) is 82.3 Å². The van der Waals surface area contributed by atoms with Crippen molar-refractivity contribution in [2.24, 2.45) is 0 Å². The van der Waals surface area contributed by atoms with Crippen LogP contribution in [0, 0.1) is 20.8 Å². The summed E-state index contributed by atoms with van der Waals surface area (Å²) in [4.78, 5) is 20.6. The Hall–Kier alpha value is -2.97. The van der Waals surface area contributed by atoms with E-state index in [1.807, 2.05) is 19.9 Å². The number of ether oxygens (including phenoxy) is 2. The molecule has 2 aliphatic rings. The van der Waals surface area contributed by atoms with Crippen molar-refractivity contribution in [2.45, 2.75) is 66.2 Å². The summed E-state index contributed by atoms with van der Waals surface area (Å²) in [6.07, 6.45) is 2.10. The number of pyridine rings is 1. The maximum Gasteiger partial charge on any atom is 0.252 e. The molecule has 2 aromatic carbocycles. The predicted molar refractivity (Wildman–Crippen MR) is 167 cm³/mol. The molecule has 1 aromatic heterocycles. The van der Waals surface area contributed by atoms with Gasteiger partial charge in [0.05, 0.1) is 13.2 Å². The summed E-state index contributed by atoms with van der Waals surface area (Å²) in [5.41, 5.74) is 10.4. The van der Waals surface area contributed by atoms with E-state index in [9.17, 15) is 4.79 Å². The fourth-order valence-corrected chi connectivity index (χ4v) is 6.27. The van der Waals surface area contributed by atoms with Crippen molar-refractivity contribution in [3.05, 3.63) is 86.3 Å². The number of hydrogen-bond donors (Lipinski definition) is 2. The number of hydrogen-bond acceptors (Lipinski definition) is 6. The number of anilines is 1. The van der Waals surface area contributed by atoms with E-state index in [2.05, 4.69) is 70.3 Å². The second-order valence-electron chi connectivity index (χ2n) is 11.5. The van der Waals surface area contributed by atoms with Gasteiger partial charge in [0.2, 0.25) is 0 Å². The summed E-state index contributed by atoms with van der Waals surface area (Å²) in [7, 11) is 0. The first kappa shape index (κ1) is 29.5. The van der Waals surface area contributed by atoms with Crippen LogP contribution in [0.25, 0.3) is 11.1 Å². The van der Waals surface area contributed by atoms with Crippen LogP contribution in [0.1, 0.15) is 53.3 Å². The van der Waals surface area contributed by atoms with E-state index in [1.54, 1.807) is 0 Å². The molecular weight excluding hydrogens is 512 g/mol. The molecule has 0 bridgehead atoms. The van der Waals surface area contributed by atoms with Gasteiger partial charge in [0.1, 0.15) is 0 Å². The number of morpholine rings is 1. The quantitative estimate of drug-likeness (QED) is 0.361. The molecule has 0 radical (unpaired) electrons. The van der Waals surface area contributed by atoms with Gasteiger partial charge in [-0.3, -0.25) is 9.69 Å². The molecule has 5 rings (SSSR count). The zero-order valence-corrected chi connectivity index (χ0v) is 25.2. The second-order valence-corrected chi connectivity index (χ2v) is 11.5. The summed E-state index contributed by atoms with van der Waals surface area (Å²) >= 11 is 0. The van der Waals surface area contributed by atoms with Gasteiger partial charge in [-0.05, 0) is 92.1 Å². The highest BCUT2D eigenvalue weighted by molar-refractivity contribution is 5.73. The first-order chi connectivity index (χ1) is 19.9. The van der Waals surface area contributed by atoms with Crippen LogP contribution < -0.4 is 15.8 Å². The standard InChI is InChI=1S/C34H46N4O3/c1-5-38(31-10-14-40-15-11-31)33-20-29(28-8-6-27(7-9-28)23-37-12-16-41-17-13-37)19-30(26(33)4)21-35-22-32-24(2)18-25(3)36-34(32)39/h6-9,18-20,31,35H,5,10-17,21-23H2,1-4H3,(H,36,39). The maximum atomic E-state index is 12.6. The lowest BCUT2D eigenvalue weighted by molar-refractivity contribution is 0.0342. The van der Waals surface area contributed by atoms with Crippen LogP contribution in [0.5, 0.6) is 0 Å². The molecule has 41 heavy (non-hydrogen) atoms. The van der Waals surface area contributed by atoms with Gasteiger partial charge in [0, 0.05) is 75.5 Å². The molecule has 2 fully saturated rings. The van der Waals surface area contributed by atoms with Crippen molar-refractivity contribution < 1.29 is 9.47 Å². The molecule has 220 valence electrons. The Morgan fingerprint density at radius 3 is 2.32 bits per heavy atom. The molecule has 0 atom stereocenters. The number of rotatable bonds is 10. The van der Waals surface area contributed by atoms with Gasteiger partial charge in [-0.25, -0.2) is 0 Å². The zero-order valence-electron chi connectivity index (χ0n) is 25.2. The van der Waals surface area contributed by atoms with Crippen LogP contribution in [0.3, 0.4) is 0 Å². The van der Waals surface area contributed by atoms with Crippen molar-refractivity contribution in [1.82, 2.24) is 15.2 Å². The van der Waals surface area contributed by atoms with Crippen LogP contribution in [-0.4, -0.2) is 62.0 Å². The van der Waals surface area contributed by atoms with Gasteiger partial charge >= 0.3 is 0 Å². The van der Waals surface area contributed by atoms with E-state index in [1.165, 1.54) is 33.5 Å².